The second-order valence-corrected chi connectivity index (χ2v) is 11.1. The quantitative estimate of drug-likeness (QED) is 0.151. The predicted molar refractivity (Wildman–Crippen MR) is 141 cm³/mol. The number of furan rings is 2. The third kappa shape index (κ3) is 6.19. The third-order valence-electron chi connectivity index (χ3n) is 5.35. The zero-order valence-corrected chi connectivity index (χ0v) is 21.6. The lowest BCUT2D eigenvalue weighted by Gasteiger charge is -2.17. The van der Waals surface area contributed by atoms with E-state index in [-0.39, 0.29) is 12.4 Å². The largest absolute Gasteiger partial charge is 0.591 e. The molecule has 8 heteroatoms. The van der Waals surface area contributed by atoms with E-state index in [9.17, 15) is 9.35 Å². The van der Waals surface area contributed by atoms with Gasteiger partial charge in [-0.15, -0.1) is 0 Å². The molecule has 0 bridgehead atoms. The lowest BCUT2D eigenvalue weighted by atomic mass is 10.0. The Hall–Kier alpha value is -3.49. The van der Waals surface area contributed by atoms with E-state index in [0.717, 1.165) is 33.2 Å². The Bertz CT molecular complexity index is 1360. The summed E-state index contributed by atoms with van der Waals surface area (Å²) in [4.78, 5) is 12.0. The zero-order valence-electron chi connectivity index (χ0n) is 20.8. The second kappa shape index (κ2) is 11.1. The molecule has 4 aromatic rings. The summed E-state index contributed by atoms with van der Waals surface area (Å²) in [6, 6.07) is 15.2. The van der Waals surface area contributed by atoms with Crippen LogP contribution in [0.3, 0.4) is 0 Å². The Balaban J connectivity index is 1.56. The summed E-state index contributed by atoms with van der Waals surface area (Å²) in [5.41, 5.74) is 4.07. The minimum atomic E-state index is -1.38. The van der Waals surface area contributed by atoms with Crippen molar-refractivity contribution in [3.8, 4) is 16.9 Å². The van der Waals surface area contributed by atoms with E-state index in [0.29, 0.717) is 24.7 Å². The molecule has 0 amide bonds. The second-order valence-electron chi connectivity index (χ2n) is 9.19. The molecular weight excluding hydrogens is 478 g/mol. The van der Waals surface area contributed by atoms with Crippen LogP contribution in [0, 0.1) is 0 Å². The van der Waals surface area contributed by atoms with Crippen LogP contribution in [-0.2, 0) is 33.9 Å². The van der Waals surface area contributed by atoms with Crippen molar-refractivity contribution in [2.45, 2.75) is 45.5 Å². The van der Waals surface area contributed by atoms with E-state index < -0.39 is 16.1 Å². The summed E-state index contributed by atoms with van der Waals surface area (Å²) in [6.45, 7) is 8.02. The van der Waals surface area contributed by atoms with Crippen LogP contribution in [0.2, 0.25) is 0 Å². The van der Waals surface area contributed by atoms with E-state index in [4.69, 9.17) is 18.3 Å². The Morgan fingerprint density at radius 2 is 1.94 bits per heavy atom. The highest BCUT2D eigenvalue weighted by atomic mass is 32.2. The molecule has 0 saturated carbocycles. The molecule has 1 atom stereocenters. The van der Waals surface area contributed by atoms with Crippen molar-refractivity contribution in [2.75, 3.05) is 6.61 Å². The number of carbonyl (C=O) groups excluding carboxylic acids is 1. The van der Waals surface area contributed by atoms with Gasteiger partial charge in [0.2, 0.25) is 0 Å². The van der Waals surface area contributed by atoms with Crippen LogP contribution in [0.15, 0.2) is 74.3 Å². The average molecular weight is 508 g/mol. The maximum atomic E-state index is 12.2. The van der Waals surface area contributed by atoms with E-state index in [1.165, 1.54) is 6.21 Å². The average Bonchev–Trinajstić information content (AvgIpc) is 3.50. The Labute approximate surface area is 213 Å². The number of hydrogen-bond donors (Lipinski definition) is 0. The van der Waals surface area contributed by atoms with Gasteiger partial charge in [-0.2, -0.15) is 0 Å². The summed E-state index contributed by atoms with van der Waals surface area (Å²) in [7, 11) is 0. The Morgan fingerprint density at radius 1 is 1.14 bits per heavy atom. The van der Waals surface area contributed by atoms with Crippen LogP contribution < -0.4 is 4.74 Å². The number of rotatable bonds is 9. The number of ether oxygens (including phenoxy) is 2. The van der Waals surface area contributed by atoms with E-state index in [1.807, 2.05) is 69.3 Å². The van der Waals surface area contributed by atoms with Gasteiger partial charge >= 0.3 is 5.97 Å². The van der Waals surface area contributed by atoms with Gasteiger partial charge in [-0.3, -0.25) is 4.79 Å². The molecule has 0 aliphatic carbocycles. The number of para-hydroxylation sites is 1. The van der Waals surface area contributed by atoms with Gasteiger partial charge < -0.3 is 22.9 Å². The summed E-state index contributed by atoms with van der Waals surface area (Å²) in [5.74, 6) is 0.839. The molecule has 0 N–H and O–H groups in total. The van der Waals surface area contributed by atoms with Crippen LogP contribution in [0.25, 0.3) is 22.1 Å². The molecule has 0 aliphatic rings. The normalized spacial score (nSPS) is 12.8. The molecular formula is C28H29NO6S. The number of esters is 1. The molecule has 0 spiro atoms. The van der Waals surface area contributed by atoms with Crippen LogP contribution in [0.1, 0.15) is 44.6 Å². The van der Waals surface area contributed by atoms with Gasteiger partial charge in [0.1, 0.15) is 46.0 Å². The van der Waals surface area contributed by atoms with Crippen molar-refractivity contribution >= 4 is 34.5 Å². The van der Waals surface area contributed by atoms with Crippen molar-refractivity contribution in [3.05, 3.63) is 77.9 Å². The molecule has 0 radical (unpaired) electrons. The van der Waals surface area contributed by atoms with Crippen molar-refractivity contribution in [2.24, 2.45) is 4.40 Å². The van der Waals surface area contributed by atoms with E-state index in [1.54, 1.807) is 19.5 Å². The first kappa shape index (κ1) is 25.6. The molecule has 36 heavy (non-hydrogen) atoms. The molecule has 188 valence electrons. The zero-order chi connectivity index (χ0) is 25.7. The van der Waals surface area contributed by atoms with Gasteiger partial charge in [-0.1, -0.05) is 22.6 Å². The number of nitrogens with zero attached hydrogens (tertiary/aromatic N) is 1. The fourth-order valence-corrected chi connectivity index (χ4v) is 4.10. The summed E-state index contributed by atoms with van der Waals surface area (Å²) >= 11 is -1.38. The maximum absolute atomic E-state index is 12.2. The van der Waals surface area contributed by atoms with Crippen molar-refractivity contribution in [3.63, 3.8) is 0 Å². The molecule has 7 nitrogen and oxygen atoms in total. The van der Waals surface area contributed by atoms with Gasteiger partial charge in [0.05, 0.1) is 25.6 Å². The Kier molecular flexibility index (Phi) is 7.86. The van der Waals surface area contributed by atoms with Gasteiger partial charge in [-0.05, 0) is 63.6 Å². The first-order valence-electron chi connectivity index (χ1n) is 11.7. The monoisotopic (exact) mass is 507 g/mol. The summed E-state index contributed by atoms with van der Waals surface area (Å²) < 4.78 is 38.5. The van der Waals surface area contributed by atoms with Gasteiger partial charge in [-0.25, -0.2) is 0 Å². The Morgan fingerprint density at radius 3 is 2.72 bits per heavy atom. The minimum Gasteiger partial charge on any atom is -0.591 e. The first-order valence-corrected chi connectivity index (χ1v) is 12.8. The highest BCUT2D eigenvalue weighted by Gasteiger charge is 2.26. The first-order chi connectivity index (χ1) is 17.2. The minimum absolute atomic E-state index is 0.148. The molecule has 4 rings (SSSR count). The van der Waals surface area contributed by atoms with Crippen LogP contribution >= 0.6 is 0 Å². The van der Waals surface area contributed by atoms with Crippen LogP contribution in [0.4, 0.5) is 0 Å². The van der Waals surface area contributed by atoms with Crippen LogP contribution in [0.5, 0.6) is 5.75 Å². The highest BCUT2D eigenvalue weighted by Crippen LogP contribution is 2.33. The van der Waals surface area contributed by atoms with Crippen molar-refractivity contribution < 1.29 is 27.7 Å². The van der Waals surface area contributed by atoms with Crippen molar-refractivity contribution in [1.29, 1.82) is 0 Å². The molecule has 0 fully saturated rings. The summed E-state index contributed by atoms with van der Waals surface area (Å²) in [6.07, 6.45) is 4.90. The number of hydrogen-bond acceptors (Lipinski definition) is 7. The fourth-order valence-electron chi connectivity index (χ4n) is 3.58. The van der Waals surface area contributed by atoms with E-state index >= 15 is 0 Å². The van der Waals surface area contributed by atoms with Gasteiger partial charge in [0, 0.05) is 22.1 Å². The lowest BCUT2D eigenvalue weighted by Crippen LogP contribution is -2.25. The molecule has 1 unspecified atom stereocenters. The van der Waals surface area contributed by atoms with Gasteiger partial charge in [0.25, 0.3) is 0 Å². The molecule has 0 aliphatic heterocycles. The smallest absolute Gasteiger partial charge is 0.310 e. The lowest BCUT2D eigenvalue weighted by molar-refractivity contribution is -0.142. The standard InChI is InChI=1S/C28H29NO6S/c1-5-32-26(30)15-20-8-6-7-9-25(20)35-17-19-12-21-10-11-33-27(21)24(13-19)22-14-23(34-18-22)16-29-36(31)28(2,3)4/h6-14,16,18H,5,15,17H2,1-4H3. The number of carbonyl (C=O) groups is 1. The number of benzene rings is 2. The SMILES string of the molecule is CCOC(=O)Cc1ccccc1OCc1cc(-c2coc(C=N[S+]([O-])C(C)(C)C)c2)c2occc2c1. The molecule has 2 aromatic carbocycles. The maximum Gasteiger partial charge on any atom is 0.310 e. The molecule has 0 saturated heterocycles. The van der Waals surface area contributed by atoms with Gasteiger partial charge in [0.15, 0.2) is 0 Å². The fraction of sp³-hybridized carbons (Fsp3) is 0.286. The predicted octanol–water partition coefficient (Wildman–Crippen LogP) is 6.26. The van der Waals surface area contributed by atoms with Crippen molar-refractivity contribution in [1.82, 2.24) is 0 Å². The number of fused-ring (bicyclic) bond motifs is 1. The molecule has 2 heterocycles. The topological polar surface area (TPSA) is 97.2 Å². The third-order valence-corrected chi connectivity index (χ3v) is 6.69. The summed E-state index contributed by atoms with van der Waals surface area (Å²) in [5, 5.41) is 0.927. The van der Waals surface area contributed by atoms with E-state index in [2.05, 4.69) is 4.40 Å². The highest BCUT2D eigenvalue weighted by molar-refractivity contribution is 7.91. The van der Waals surface area contributed by atoms with Crippen LogP contribution in [-0.4, -0.2) is 28.1 Å². The molecule has 2 aromatic heterocycles.